The number of aromatic nitrogens is 2. The third-order valence-corrected chi connectivity index (χ3v) is 4.14. The average Bonchev–Trinajstić information content (AvgIpc) is 3.06. The maximum atomic E-state index is 12.8. The van der Waals surface area contributed by atoms with E-state index >= 15 is 0 Å². The highest BCUT2D eigenvalue weighted by Crippen LogP contribution is 2.24. The summed E-state index contributed by atoms with van der Waals surface area (Å²) in [6, 6.07) is 7.74. The fraction of sp³-hybridized carbons (Fsp3) is 0.471. The molecule has 0 spiro atoms. The number of methoxy groups -OCH3 is 1. The van der Waals surface area contributed by atoms with E-state index in [-0.39, 0.29) is 11.9 Å². The number of hydrogen-bond donors (Lipinski definition) is 1. The van der Waals surface area contributed by atoms with E-state index in [1.807, 2.05) is 18.2 Å². The number of carbonyl (C=O) groups is 1. The monoisotopic (exact) mass is 330 g/mol. The van der Waals surface area contributed by atoms with E-state index in [0.29, 0.717) is 31.3 Å². The highest BCUT2D eigenvalue weighted by atomic mass is 16.5. The van der Waals surface area contributed by atoms with Gasteiger partial charge in [-0.3, -0.25) is 4.79 Å². The molecular weight excluding hydrogens is 308 g/mol. The van der Waals surface area contributed by atoms with Crippen molar-refractivity contribution in [2.75, 3.05) is 27.3 Å². The van der Waals surface area contributed by atoms with Crippen LogP contribution in [0.5, 0.6) is 0 Å². The summed E-state index contributed by atoms with van der Waals surface area (Å²) in [4.78, 5) is 18.7. The molecule has 24 heavy (non-hydrogen) atoms. The standard InChI is InChI=1S/C17H22N4O3/c1-21(11-15-19-14(20-24-15)8-10-23-2)17(22)16-13-6-4-3-5-12(13)7-9-18-16/h3-6,16,18H,7-11H2,1-2H3. The zero-order valence-corrected chi connectivity index (χ0v) is 14.0. The number of amides is 1. The first-order valence-electron chi connectivity index (χ1n) is 8.05. The molecule has 1 aromatic heterocycles. The van der Waals surface area contributed by atoms with Crippen LogP contribution in [-0.4, -0.2) is 48.3 Å². The van der Waals surface area contributed by atoms with Crippen molar-refractivity contribution in [3.05, 3.63) is 47.1 Å². The van der Waals surface area contributed by atoms with Crippen LogP contribution in [0.15, 0.2) is 28.8 Å². The van der Waals surface area contributed by atoms with Gasteiger partial charge in [0.15, 0.2) is 5.82 Å². The van der Waals surface area contributed by atoms with E-state index in [2.05, 4.69) is 21.5 Å². The number of likely N-dealkylation sites (N-methyl/N-ethyl adjacent to an activating group) is 1. The minimum absolute atomic E-state index is 0.00112. The first-order valence-corrected chi connectivity index (χ1v) is 8.05. The summed E-state index contributed by atoms with van der Waals surface area (Å²) >= 11 is 0. The Bertz CT molecular complexity index is 701. The predicted molar refractivity (Wildman–Crippen MR) is 87.2 cm³/mol. The second-order valence-electron chi connectivity index (χ2n) is 5.88. The number of carbonyl (C=O) groups excluding carboxylic acids is 1. The lowest BCUT2D eigenvalue weighted by molar-refractivity contribution is -0.133. The van der Waals surface area contributed by atoms with Gasteiger partial charge in [-0.1, -0.05) is 29.4 Å². The maximum Gasteiger partial charge on any atom is 0.246 e. The minimum atomic E-state index is -0.323. The van der Waals surface area contributed by atoms with Gasteiger partial charge < -0.3 is 19.5 Å². The summed E-state index contributed by atoms with van der Waals surface area (Å²) in [7, 11) is 3.38. The summed E-state index contributed by atoms with van der Waals surface area (Å²) in [5.41, 5.74) is 2.27. The fourth-order valence-electron chi connectivity index (χ4n) is 2.88. The Morgan fingerprint density at radius 1 is 1.46 bits per heavy atom. The molecule has 2 heterocycles. The van der Waals surface area contributed by atoms with Crippen molar-refractivity contribution in [1.29, 1.82) is 0 Å². The summed E-state index contributed by atoms with van der Waals surface area (Å²) in [6.45, 7) is 1.62. The van der Waals surface area contributed by atoms with Gasteiger partial charge in [0.05, 0.1) is 13.2 Å². The van der Waals surface area contributed by atoms with Crippen LogP contribution in [0, 0.1) is 0 Å². The Kier molecular flexibility index (Phi) is 5.22. The molecule has 0 aliphatic carbocycles. The van der Waals surface area contributed by atoms with Crippen LogP contribution in [0.25, 0.3) is 0 Å². The SMILES string of the molecule is COCCc1noc(CN(C)C(=O)C2NCCc3ccccc32)n1. The first-order chi connectivity index (χ1) is 11.7. The molecule has 1 aliphatic rings. The van der Waals surface area contributed by atoms with Crippen LogP contribution >= 0.6 is 0 Å². The Balaban J connectivity index is 1.66. The van der Waals surface area contributed by atoms with Gasteiger partial charge in [-0.25, -0.2) is 0 Å². The van der Waals surface area contributed by atoms with E-state index in [0.717, 1.165) is 18.5 Å². The number of nitrogens with zero attached hydrogens (tertiary/aromatic N) is 3. The van der Waals surface area contributed by atoms with Crippen LogP contribution in [0.3, 0.4) is 0 Å². The molecule has 0 saturated carbocycles. The molecule has 0 bridgehead atoms. The highest BCUT2D eigenvalue weighted by molar-refractivity contribution is 5.83. The number of rotatable bonds is 6. The molecule has 3 rings (SSSR count). The van der Waals surface area contributed by atoms with Gasteiger partial charge in [0.2, 0.25) is 11.8 Å². The third-order valence-electron chi connectivity index (χ3n) is 4.14. The summed E-state index contributed by atoms with van der Waals surface area (Å²) in [5.74, 6) is 1.02. The molecule has 2 aromatic rings. The van der Waals surface area contributed by atoms with Gasteiger partial charge in [0, 0.05) is 27.1 Å². The van der Waals surface area contributed by atoms with Crippen molar-refractivity contribution in [1.82, 2.24) is 20.4 Å². The van der Waals surface area contributed by atoms with E-state index in [4.69, 9.17) is 9.26 Å². The van der Waals surface area contributed by atoms with E-state index in [1.165, 1.54) is 5.56 Å². The summed E-state index contributed by atoms with van der Waals surface area (Å²) in [5, 5.41) is 7.20. The van der Waals surface area contributed by atoms with E-state index in [9.17, 15) is 4.79 Å². The maximum absolute atomic E-state index is 12.8. The molecule has 128 valence electrons. The van der Waals surface area contributed by atoms with Gasteiger partial charge >= 0.3 is 0 Å². The lowest BCUT2D eigenvalue weighted by Crippen LogP contribution is -2.42. The van der Waals surface area contributed by atoms with Crippen LogP contribution in [0.2, 0.25) is 0 Å². The van der Waals surface area contributed by atoms with Crippen LogP contribution in [0.4, 0.5) is 0 Å². The van der Waals surface area contributed by atoms with Crippen molar-refractivity contribution in [2.24, 2.45) is 0 Å². The van der Waals surface area contributed by atoms with Crippen LogP contribution in [-0.2, 0) is 28.9 Å². The highest BCUT2D eigenvalue weighted by Gasteiger charge is 2.28. The largest absolute Gasteiger partial charge is 0.384 e. The summed E-state index contributed by atoms with van der Waals surface area (Å²) in [6.07, 6.45) is 1.53. The molecular formula is C17H22N4O3. The molecule has 1 N–H and O–H groups in total. The van der Waals surface area contributed by atoms with Crippen molar-refractivity contribution >= 4 is 5.91 Å². The lowest BCUT2D eigenvalue weighted by atomic mass is 9.93. The van der Waals surface area contributed by atoms with Crippen molar-refractivity contribution < 1.29 is 14.1 Å². The van der Waals surface area contributed by atoms with Gasteiger partial charge in [0.1, 0.15) is 6.04 Å². The van der Waals surface area contributed by atoms with Crippen molar-refractivity contribution in [2.45, 2.75) is 25.4 Å². The van der Waals surface area contributed by atoms with Gasteiger partial charge in [-0.2, -0.15) is 4.98 Å². The third kappa shape index (κ3) is 3.63. The first kappa shape index (κ1) is 16.6. The van der Waals surface area contributed by atoms with E-state index in [1.54, 1.807) is 19.1 Å². The topological polar surface area (TPSA) is 80.5 Å². The fourth-order valence-corrected chi connectivity index (χ4v) is 2.88. The second kappa shape index (κ2) is 7.55. The van der Waals surface area contributed by atoms with Crippen LogP contribution < -0.4 is 5.32 Å². The molecule has 1 amide bonds. The molecule has 0 fully saturated rings. The Morgan fingerprint density at radius 2 is 2.29 bits per heavy atom. The molecule has 0 radical (unpaired) electrons. The number of nitrogens with one attached hydrogen (secondary N) is 1. The number of fused-ring (bicyclic) bond motifs is 1. The average molecular weight is 330 g/mol. The number of ether oxygens (including phenoxy) is 1. The number of hydrogen-bond acceptors (Lipinski definition) is 6. The Morgan fingerprint density at radius 3 is 3.12 bits per heavy atom. The van der Waals surface area contributed by atoms with Crippen molar-refractivity contribution in [3.8, 4) is 0 Å². The van der Waals surface area contributed by atoms with Crippen molar-refractivity contribution in [3.63, 3.8) is 0 Å². The predicted octanol–water partition coefficient (Wildman–Crippen LogP) is 1.10. The Labute approximate surface area is 141 Å². The molecule has 1 aliphatic heterocycles. The molecule has 1 atom stereocenters. The smallest absolute Gasteiger partial charge is 0.246 e. The zero-order chi connectivity index (χ0) is 16.9. The minimum Gasteiger partial charge on any atom is -0.384 e. The summed E-state index contributed by atoms with van der Waals surface area (Å²) < 4.78 is 10.2. The molecule has 1 aromatic carbocycles. The molecule has 1 unspecified atom stereocenters. The van der Waals surface area contributed by atoms with Gasteiger partial charge in [0.25, 0.3) is 0 Å². The van der Waals surface area contributed by atoms with Gasteiger partial charge in [-0.15, -0.1) is 0 Å². The molecule has 7 heteroatoms. The molecule has 0 saturated heterocycles. The quantitative estimate of drug-likeness (QED) is 0.854. The Hall–Kier alpha value is -2.25. The second-order valence-corrected chi connectivity index (χ2v) is 5.88. The normalized spacial score (nSPS) is 16.7. The zero-order valence-electron chi connectivity index (χ0n) is 14.0. The van der Waals surface area contributed by atoms with E-state index < -0.39 is 0 Å². The van der Waals surface area contributed by atoms with Gasteiger partial charge in [-0.05, 0) is 17.5 Å². The lowest BCUT2D eigenvalue weighted by Gasteiger charge is -2.29. The number of benzene rings is 1. The molecule has 7 nitrogen and oxygen atoms in total. The van der Waals surface area contributed by atoms with Crippen LogP contribution in [0.1, 0.15) is 28.9 Å².